The lowest BCUT2D eigenvalue weighted by atomic mass is 10.2. The second-order valence-electron chi connectivity index (χ2n) is 3.48. The molecule has 0 saturated carbocycles. The fraction of sp³-hybridized carbons (Fsp3) is 0.182. The van der Waals surface area contributed by atoms with E-state index >= 15 is 0 Å². The van der Waals surface area contributed by atoms with Gasteiger partial charge >= 0.3 is 0 Å². The Hall–Kier alpha value is -2.21. The quantitative estimate of drug-likeness (QED) is 0.720. The van der Waals surface area contributed by atoms with E-state index in [1.807, 2.05) is 12.1 Å². The first kappa shape index (κ1) is 11.3. The van der Waals surface area contributed by atoms with Crippen LogP contribution in [0.3, 0.4) is 0 Å². The molecule has 17 heavy (non-hydrogen) atoms. The van der Waals surface area contributed by atoms with E-state index in [1.54, 1.807) is 25.5 Å². The maximum atomic E-state index is 11.3. The monoisotopic (exact) mass is 231 g/mol. The molecule has 0 aliphatic carbocycles. The first-order valence-electron chi connectivity index (χ1n) is 5.20. The van der Waals surface area contributed by atoms with Gasteiger partial charge in [-0.05, 0) is 19.2 Å². The molecular weight excluding hydrogens is 218 g/mol. The number of H-pyrrole nitrogens is 1. The Morgan fingerprint density at radius 3 is 2.88 bits per heavy atom. The van der Waals surface area contributed by atoms with Gasteiger partial charge in [-0.3, -0.25) is 14.9 Å². The first-order chi connectivity index (χ1) is 8.29. The lowest BCUT2D eigenvalue weighted by Gasteiger charge is -1.99. The molecule has 1 amide bonds. The van der Waals surface area contributed by atoms with Crippen LogP contribution in [0.2, 0.25) is 0 Å². The molecule has 2 rings (SSSR count). The van der Waals surface area contributed by atoms with Crippen molar-refractivity contribution in [3.8, 4) is 11.3 Å². The molecule has 0 aliphatic heterocycles. The molecule has 6 heteroatoms. The highest BCUT2D eigenvalue weighted by Crippen LogP contribution is 2.18. The Labute approximate surface area is 98.5 Å². The largest absolute Gasteiger partial charge is 0.311 e. The van der Waals surface area contributed by atoms with Crippen molar-refractivity contribution < 1.29 is 4.79 Å². The summed E-state index contributed by atoms with van der Waals surface area (Å²) < 4.78 is 0. The molecule has 6 nitrogen and oxygen atoms in total. The number of likely N-dealkylation sites (N-methyl/N-ethyl adjacent to an activating group) is 1. The molecule has 0 aliphatic rings. The summed E-state index contributed by atoms with van der Waals surface area (Å²) in [6, 6.07) is 5.52. The molecule has 88 valence electrons. The lowest BCUT2D eigenvalue weighted by Crippen LogP contribution is -2.25. The third kappa shape index (κ3) is 2.88. The number of hydrogen-bond acceptors (Lipinski definition) is 4. The number of rotatable bonds is 4. The van der Waals surface area contributed by atoms with Gasteiger partial charge in [-0.2, -0.15) is 5.10 Å². The maximum Gasteiger partial charge on any atom is 0.239 e. The van der Waals surface area contributed by atoms with E-state index in [-0.39, 0.29) is 12.5 Å². The Kier molecular flexibility index (Phi) is 3.46. The molecule has 0 bridgehead atoms. The molecule has 0 atom stereocenters. The van der Waals surface area contributed by atoms with E-state index in [1.165, 1.54) is 0 Å². The average molecular weight is 231 g/mol. The molecule has 0 radical (unpaired) electrons. The average Bonchev–Trinajstić information content (AvgIpc) is 2.79. The van der Waals surface area contributed by atoms with Crippen molar-refractivity contribution in [2.24, 2.45) is 0 Å². The van der Waals surface area contributed by atoms with Crippen LogP contribution in [0, 0.1) is 0 Å². The number of anilines is 1. The van der Waals surface area contributed by atoms with Crippen LogP contribution in [-0.4, -0.2) is 34.7 Å². The van der Waals surface area contributed by atoms with Crippen molar-refractivity contribution in [3.63, 3.8) is 0 Å². The van der Waals surface area contributed by atoms with Crippen molar-refractivity contribution in [1.82, 2.24) is 20.5 Å². The highest BCUT2D eigenvalue weighted by molar-refractivity contribution is 5.91. The van der Waals surface area contributed by atoms with Gasteiger partial charge in [0.15, 0.2) is 5.82 Å². The number of pyridine rings is 1. The number of aromatic nitrogens is 3. The fourth-order valence-corrected chi connectivity index (χ4v) is 1.41. The SMILES string of the molecule is CNCC(=O)Nc1cc(-c2ccncc2)[nH]n1. The minimum absolute atomic E-state index is 0.125. The van der Waals surface area contributed by atoms with Gasteiger partial charge in [0, 0.05) is 24.0 Å². The Morgan fingerprint density at radius 2 is 2.18 bits per heavy atom. The van der Waals surface area contributed by atoms with E-state index in [2.05, 4.69) is 25.8 Å². The zero-order valence-electron chi connectivity index (χ0n) is 9.40. The minimum Gasteiger partial charge on any atom is -0.311 e. The Morgan fingerprint density at radius 1 is 1.41 bits per heavy atom. The molecule has 2 aromatic heterocycles. The second kappa shape index (κ2) is 5.22. The number of nitrogens with zero attached hydrogens (tertiary/aromatic N) is 2. The zero-order chi connectivity index (χ0) is 12.1. The summed E-state index contributed by atoms with van der Waals surface area (Å²) in [7, 11) is 1.71. The highest BCUT2D eigenvalue weighted by Gasteiger charge is 2.06. The van der Waals surface area contributed by atoms with Crippen molar-refractivity contribution >= 4 is 11.7 Å². The molecule has 0 aromatic carbocycles. The Bertz CT molecular complexity index is 494. The molecule has 0 fully saturated rings. The van der Waals surface area contributed by atoms with Gasteiger partial charge in [-0.25, -0.2) is 0 Å². The Balaban J connectivity index is 2.09. The van der Waals surface area contributed by atoms with Gasteiger partial charge in [0.2, 0.25) is 5.91 Å². The minimum atomic E-state index is -0.125. The summed E-state index contributed by atoms with van der Waals surface area (Å²) in [5.74, 6) is 0.386. The van der Waals surface area contributed by atoms with Crippen LogP contribution < -0.4 is 10.6 Å². The van der Waals surface area contributed by atoms with E-state index < -0.39 is 0 Å². The van der Waals surface area contributed by atoms with Crippen molar-refractivity contribution in [2.75, 3.05) is 18.9 Å². The number of hydrogen-bond donors (Lipinski definition) is 3. The number of amides is 1. The smallest absolute Gasteiger partial charge is 0.239 e. The lowest BCUT2D eigenvalue weighted by molar-refractivity contribution is -0.115. The number of carbonyl (C=O) groups excluding carboxylic acids is 1. The molecule has 3 N–H and O–H groups in total. The predicted octanol–water partition coefficient (Wildman–Crippen LogP) is 0.630. The molecule has 0 saturated heterocycles. The van der Waals surface area contributed by atoms with Crippen LogP contribution in [0.4, 0.5) is 5.82 Å². The van der Waals surface area contributed by atoms with E-state index in [0.29, 0.717) is 5.82 Å². The van der Waals surface area contributed by atoms with Crippen LogP contribution >= 0.6 is 0 Å². The first-order valence-corrected chi connectivity index (χ1v) is 5.20. The van der Waals surface area contributed by atoms with Crippen molar-refractivity contribution in [1.29, 1.82) is 0 Å². The van der Waals surface area contributed by atoms with E-state index in [4.69, 9.17) is 0 Å². The van der Waals surface area contributed by atoms with Crippen molar-refractivity contribution in [3.05, 3.63) is 30.6 Å². The summed E-state index contributed by atoms with van der Waals surface area (Å²) >= 11 is 0. The van der Waals surface area contributed by atoms with E-state index in [9.17, 15) is 4.79 Å². The maximum absolute atomic E-state index is 11.3. The zero-order valence-corrected chi connectivity index (χ0v) is 9.40. The van der Waals surface area contributed by atoms with Crippen LogP contribution in [0.25, 0.3) is 11.3 Å². The van der Waals surface area contributed by atoms with Gasteiger partial charge in [0.1, 0.15) is 0 Å². The normalized spacial score (nSPS) is 10.2. The third-order valence-corrected chi connectivity index (χ3v) is 2.17. The second-order valence-corrected chi connectivity index (χ2v) is 3.48. The summed E-state index contributed by atoms with van der Waals surface area (Å²) in [5.41, 5.74) is 1.81. The molecule has 0 unspecified atom stereocenters. The van der Waals surface area contributed by atoms with Gasteiger partial charge in [0.05, 0.1) is 12.2 Å². The number of nitrogens with one attached hydrogen (secondary N) is 3. The van der Waals surface area contributed by atoms with Gasteiger partial charge < -0.3 is 10.6 Å². The van der Waals surface area contributed by atoms with Gasteiger partial charge in [-0.1, -0.05) is 0 Å². The number of carbonyl (C=O) groups is 1. The third-order valence-electron chi connectivity index (χ3n) is 2.17. The standard InChI is InChI=1S/C11H13N5O/c1-12-7-11(17)14-10-6-9(15-16-10)8-2-4-13-5-3-8/h2-6,12H,7H2,1H3,(H2,14,15,16,17). The summed E-state index contributed by atoms with van der Waals surface area (Å²) in [6.45, 7) is 0.261. The van der Waals surface area contributed by atoms with Crippen LogP contribution in [0.5, 0.6) is 0 Å². The van der Waals surface area contributed by atoms with Crippen LogP contribution in [0.1, 0.15) is 0 Å². The molecule has 2 aromatic rings. The van der Waals surface area contributed by atoms with Gasteiger partial charge in [-0.15, -0.1) is 0 Å². The van der Waals surface area contributed by atoms with Crippen molar-refractivity contribution in [2.45, 2.75) is 0 Å². The summed E-state index contributed by atoms with van der Waals surface area (Å²) in [5, 5.41) is 12.3. The van der Waals surface area contributed by atoms with Crippen LogP contribution in [-0.2, 0) is 4.79 Å². The van der Waals surface area contributed by atoms with Crippen LogP contribution in [0.15, 0.2) is 30.6 Å². The summed E-state index contributed by atoms with van der Waals surface area (Å²) in [4.78, 5) is 15.3. The summed E-state index contributed by atoms with van der Waals surface area (Å²) in [6.07, 6.45) is 3.41. The molecule has 2 heterocycles. The number of aromatic amines is 1. The molecular formula is C11H13N5O. The highest BCUT2D eigenvalue weighted by atomic mass is 16.1. The van der Waals surface area contributed by atoms with Gasteiger partial charge in [0.25, 0.3) is 0 Å². The molecule has 0 spiro atoms. The topological polar surface area (TPSA) is 82.7 Å². The predicted molar refractivity (Wildman–Crippen MR) is 64.4 cm³/mol. The van der Waals surface area contributed by atoms with E-state index in [0.717, 1.165) is 11.3 Å². The fourth-order valence-electron chi connectivity index (χ4n) is 1.41.